The summed E-state index contributed by atoms with van der Waals surface area (Å²) in [6.45, 7) is 1.33. The van der Waals surface area contributed by atoms with Crippen LogP contribution in [0.2, 0.25) is 5.02 Å². The van der Waals surface area contributed by atoms with Crippen molar-refractivity contribution in [1.29, 1.82) is 0 Å². The van der Waals surface area contributed by atoms with Crippen LogP contribution < -0.4 is 15.6 Å². The Bertz CT molecular complexity index is 2310. The van der Waals surface area contributed by atoms with Crippen LogP contribution in [0, 0.1) is 0 Å². The van der Waals surface area contributed by atoms with E-state index < -0.39 is 17.7 Å². The second-order valence-corrected chi connectivity index (χ2v) is 16.5. The van der Waals surface area contributed by atoms with Gasteiger partial charge in [0.2, 0.25) is 22.9 Å². The van der Waals surface area contributed by atoms with Crippen LogP contribution in [-0.2, 0) is 28.1 Å². The first-order valence-corrected chi connectivity index (χ1v) is 20.8. The summed E-state index contributed by atoms with van der Waals surface area (Å²) in [6, 6.07) is 17.1. The number of aliphatic hydroxyl groups excluding tert-OH is 1. The van der Waals surface area contributed by atoms with Crippen molar-refractivity contribution in [3.8, 4) is 22.9 Å². The molecule has 0 amide bonds. The first-order chi connectivity index (χ1) is 27.5. The number of nitrogens with one attached hydrogen (secondary N) is 2. The number of thiophene rings is 2. The van der Waals surface area contributed by atoms with Gasteiger partial charge in [-0.25, -0.2) is 4.79 Å². The quantitative estimate of drug-likeness (QED) is 0.0665. The van der Waals surface area contributed by atoms with E-state index in [-0.39, 0.29) is 29.5 Å². The Hall–Kier alpha value is -4.61. The van der Waals surface area contributed by atoms with Crippen LogP contribution in [0.5, 0.6) is 11.5 Å². The van der Waals surface area contributed by atoms with Crippen LogP contribution in [0.25, 0.3) is 22.3 Å². The van der Waals surface area contributed by atoms with Gasteiger partial charge in [-0.05, 0) is 98.4 Å². The van der Waals surface area contributed by atoms with Gasteiger partial charge >= 0.3 is 5.97 Å². The molecule has 4 heterocycles. The minimum Gasteiger partial charge on any atom is -0.506 e. The Balaban J connectivity index is 0.881. The normalized spacial score (nSPS) is 16.6. The summed E-state index contributed by atoms with van der Waals surface area (Å²) in [5.41, 5.74) is 0.0112. The predicted molar refractivity (Wildman–Crippen MR) is 219 cm³/mol. The zero-order chi connectivity index (χ0) is 40.1. The average Bonchev–Trinajstić information content (AvgIpc) is 4.03. The van der Waals surface area contributed by atoms with E-state index >= 15 is 0 Å². The average molecular weight is 834 g/mol. The molecule has 4 aromatic heterocycles. The number of aromatic nitrogens is 3. The third-order valence-corrected chi connectivity index (χ3v) is 12.8. The predicted octanol–water partition coefficient (Wildman–Crippen LogP) is 6.55. The summed E-state index contributed by atoms with van der Waals surface area (Å²) in [5, 5.41) is 44.8. The maximum Gasteiger partial charge on any atom is 0.349 e. The summed E-state index contributed by atoms with van der Waals surface area (Å²) in [6.07, 6.45) is 3.41. The molecule has 1 fully saturated rings. The summed E-state index contributed by atoms with van der Waals surface area (Å²) < 4.78 is 17.2. The second-order valence-electron chi connectivity index (χ2n) is 14.2. The number of aromatic hydroxyl groups is 1. The number of methoxy groups -OCH3 is 1. The SMILES string of the molecule is COc1cc(-c2noc(CCCN(C)C3CCC(OC(=O)C(O)(c4cccs4)c4cccs4)CC3)n2)c(Cl)cc1CNC[C@H](O)c1ccc(O)c2[nH]c(=O)ccc12. The highest BCUT2D eigenvalue weighted by atomic mass is 35.5. The molecule has 5 N–H and O–H groups in total. The van der Waals surface area contributed by atoms with Crippen LogP contribution in [0.15, 0.2) is 80.7 Å². The summed E-state index contributed by atoms with van der Waals surface area (Å²) in [4.78, 5) is 35.8. The fourth-order valence-electron chi connectivity index (χ4n) is 7.36. The van der Waals surface area contributed by atoms with Crippen molar-refractivity contribution in [2.24, 2.45) is 0 Å². The van der Waals surface area contributed by atoms with Gasteiger partial charge in [0.05, 0.1) is 33.5 Å². The lowest BCUT2D eigenvalue weighted by atomic mass is 9.91. The number of aromatic amines is 1. The monoisotopic (exact) mass is 833 g/mol. The number of nitrogens with zero attached hydrogens (tertiary/aromatic N) is 3. The standard InChI is InChI=1S/C41H44ClN5O8S2/c1-47(25-9-11-26(12-10-25)54-40(51)41(52,34-6-4-18-56-34)35-7-5-19-57-35)17-3-8-37-45-39(46-55-37)29-21-33(53-2)24(20-30(29)42)22-43-23-32(49)27-13-15-31(48)38-28(27)14-16-36(50)44-38/h4-7,13-16,18-21,25-26,32,43,48-49,52H,3,8-12,17,22-23H2,1-2H3,(H,44,50)/t25?,26?,32-/m0/s1. The minimum absolute atomic E-state index is 0.0726. The highest BCUT2D eigenvalue weighted by Gasteiger charge is 2.45. The van der Waals surface area contributed by atoms with Crippen molar-refractivity contribution < 1.29 is 34.1 Å². The topological polar surface area (TPSA) is 183 Å². The summed E-state index contributed by atoms with van der Waals surface area (Å²) in [5.74, 6) is 0.717. The smallest absolute Gasteiger partial charge is 0.349 e. The van der Waals surface area contributed by atoms with Gasteiger partial charge in [0.1, 0.15) is 17.6 Å². The van der Waals surface area contributed by atoms with Crippen LogP contribution >= 0.6 is 34.3 Å². The van der Waals surface area contributed by atoms with Crippen molar-refractivity contribution in [3.63, 3.8) is 0 Å². The number of carbonyl (C=O) groups is 1. The van der Waals surface area contributed by atoms with Gasteiger partial charge in [0.25, 0.3) is 0 Å². The first kappa shape index (κ1) is 40.6. The van der Waals surface area contributed by atoms with Gasteiger partial charge in [-0.2, -0.15) is 4.98 Å². The Morgan fingerprint density at radius 1 is 1.11 bits per heavy atom. The number of halogens is 1. The molecular weight excluding hydrogens is 790 g/mol. The number of carbonyl (C=O) groups excluding carboxylic acids is 1. The number of aryl methyl sites for hydroxylation is 1. The number of fused-ring (bicyclic) bond motifs is 1. The highest BCUT2D eigenvalue weighted by molar-refractivity contribution is 7.12. The van der Waals surface area contributed by atoms with E-state index in [1.807, 2.05) is 22.9 Å². The lowest BCUT2D eigenvalue weighted by Crippen LogP contribution is -2.42. The van der Waals surface area contributed by atoms with Gasteiger partial charge in [-0.1, -0.05) is 35.0 Å². The molecule has 0 radical (unpaired) electrons. The van der Waals surface area contributed by atoms with E-state index in [1.54, 1.807) is 43.5 Å². The number of rotatable bonds is 16. The molecule has 0 unspecified atom stereocenters. The van der Waals surface area contributed by atoms with Crippen molar-refractivity contribution >= 4 is 51.1 Å². The Kier molecular flexibility index (Phi) is 12.7. The van der Waals surface area contributed by atoms with Gasteiger partial charge in [-0.15, -0.1) is 22.7 Å². The molecular formula is C41H44ClN5O8S2. The molecule has 1 atom stereocenters. The molecule has 0 spiro atoms. The van der Waals surface area contributed by atoms with Crippen LogP contribution in [0.4, 0.5) is 0 Å². The number of ether oxygens (including phenoxy) is 2. The molecule has 0 saturated heterocycles. The number of H-pyrrole nitrogens is 1. The molecule has 0 bridgehead atoms. The molecule has 0 aliphatic heterocycles. The van der Waals surface area contributed by atoms with E-state index in [2.05, 4.69) is 32.4 Å². The number of phenols is 1. The lowest BCUT2D eigenvalue weighted by molar-refractivity contribution is -0.169. The Morgan fingerprint density at radius 2 is 1.84 bits per heavy atom. The molecule has 16 heteroatoms. The summed E-state index contributed by atoms with van der Waals surface area (Å²) >= 11 is 9.39. The number of hydrogen-bond donors (Lipinski definition) is 5. The van der Waals surface area contributed by atoms with Gasteiger partial charge in [-0.3, -0.25) is 4.79 Å². The Morgan fingerprint density at radius 3 is 2.53 bits per heavy atom. The van der Waals surface area contributed by atoms with Crippen LogP contribution in [0.1, 0.15) is 65.0 Å². The molecule has 7 rings (SSSR count). The van der Waals surface area contributed by atoms with E-state index in [1.165, 1.54) is 34.8 Å². The third-order valence-electron chi connectivity index (χ3n) is 10.5. The van der Waals surface area contributed by atoms with Gasteiger partial charge in [0, 0.05) is 48.1 Å². The number of pyridine rings is 1. The second kappa shape index (κ2) is 17.9. The highest BCUT2D eigenvalue weighted by Crippen LogP contribution is 2.38. The molecule has 1 aliphatic carbocycles. The number of aliphatic hydroxyl groups is 2. The van der Waals surface area contributed by atoms with E-state index in [0.717, 1.165) is 44.2 Å². The number of benzene rings is 2. The minimum atomic E-state index is -1.80. The first-order valence-electron chi connectivity index (χ1n) is 18.7. The lowest BCUT2D eigenvalue weighted by Gasteiger charge is -2.35. The zero-order valence-electron chi connectivity index (χ0n) is 31.4. The molecule has 57 heavy (non-hydrogen) atoms. The van der Waals surface area contributed by atoms with Crippen molar-refractivity contribution in [2.75, 3.05) is 27.2 Å². The largest absolute Gasteiger partial charge is 0.506 e. The molecule has 1 aliphatic rings. The fourth-order valence-corrected chi connectivity index (χ4v) is 9.34. The maximum atomic E-state index is 13.4. The molecule has 13 nitrogen and oxygen atoms in total. The van der Waals surface area contributed by atoms with E-state index in [4.69, 9.17) is 25.6 Å². The molecule has 1 saturated carbocycles. The fraction of sp³-hybridized carbons (Fsp3) is 0.366. The van der Waals surface area contributed by atoms with E-state index in [9.17, 15) is 24.9 Å². The molecule has 300 valence electrons. The van der Waals surface area contributed by atoms with Crippen LogP contribution in [0.3, 0.4) is 0 Å². The summed E-state index contributed by atoms with van der Waals surface area (Å²) in [7, 11) is 3.66. The molecule has 6 aromatic rings. The number of hydrogen-bond acceptors (Lipinski definition) is 14. The van der Waals surface area contributed by atoms with Crippen LogP contribution in [-0.4, -0.2) is 80.7 Å². The van der Waals surface area contributed by atoms with Gasteiger partial charge in [0.15, 0.2) is 0 Å². The molecule has 2 aromatic carbocycles. The number of phenolic OH excluding ortho intramolecular Hbond substituents is 1. The van der Waals surface area contributed by atoms with E-state index in [0.29, 0.717) is 67.8 Å². The Labute approximate surface area is 341 Å². The number of esters is 1. The zero-order valence-corrected chi connectivity index (χ0v) is 33.8. The van der Waals surface area contributed by atoms with Crippen molar-refractivity contribution in [1.82, 2.24) is 25.3 Å². The maximum absolute atomic E-state index is 13.4. The van der Waals surface area contributed by atoms with Crippen molar-refractivity contribution in [3.05, 3.63) is 114 Å². The van der Waals surface area contributed by atoms with Gasteiger partial charge < -0.3 is 44.5 Å². The third kappa shape index (κ3) is 8.94. The van der Waals surface area contributed by atoms with Crippen molar-refractivity contribution in [2.45, 2.75) is 68.9 Å².